The zero-order valence-corrected chi connectivity index (χ0v) is 14.2. The summed E-state index contributed by atoms with van der Waals surface area (Å²) in [6, 6.07) is 1.47. The van der Waals surface area contributed by atoms with E-state index in [1.165, 1.54) is 11.3 Å². The van der Waals surface area contributed by atoms with E-state index in [0.29, 0.717) is 37.8 Å². The van der Waals surface area contributed by atoms with Crippen molar-refractivity contribution in [1.82, 2.24) is 19.2 Å². The molecule has 2 aliphatic rings. The molecule has 24 heavy (non-hydrogen) atoms. The van der Waals surface area contributed by atoms with Gasteiger partial charge in [0.25, 0.3) is 5.56 Å². The molecule has 1 amide bonds. The summed E-state index contributed by atoms with van der Waals surface area (Å²) in [5.41, 5.74) is 0.677. The lowest BCUT2D eigenvalue weighted by atomic mass is 10.1. The summed E-state index contributed by atoms with van der Waals surface area (Å²) in [6.45, 7) is 3.99. The van der Waals surface area contributed by atoms with Crippen molar-refractivity contribution in [2.45, 2.75) is 25.4 Å². The maximum atomic E-state index is 12.8. The predicted molar refractivity (Wildman–Crippen MR) is 90.2 cm³/mol. The maximum absolute atomic E-state index is 12.8. The minimum absolute atomic E-state index is 0.0634. The van der Waals surface area contributed by atoms with E-state index in [2.05, 4.69) is 9.88 Å². The molecule has 0 radical (unpaired) electrons. The van der Waals surface area contributed by atoms with Crippen LogP contribution in [-0.4, -0.2) is 64.0 Å². The molecule has 0 spiro atoms. The fourth-order valence-corrected chi connectivity index (χ4v) is 4.21. The zero-order valence-electron chi connectivity index (χ0n) is 13.4. The molecule has 2 saturated heterocycles. The van der Waals surface area contributed by atoms with Crippen LogP contribution >= 0.6 is 11.3 Å². The minimum Gasteiger partial charge on any atom is -0.378 e. The molecule has 1 atom stereocenters. The molecule has 7 nitrogen and oxygen atoms in total. The van der Waals surface area contributed by atoms with Gasteiger partial charge in [0.15, 0.2) is 4.96 Å². The first-order valence-electron chi connectivity index (χ1n) is 8.29. The Balaban J connectivity index is 1.51. The first kappa shape index (κ1) is 15.7. The Hall–Kier alpha value is -1.77. The van der Waals surface area contributed by atoms with Gasteiger partial charge in [-0.15, -0.1) is 11.3 Å². The second kappa shape index (κ2) is 6.62. The minimum atomic E-state index is -0.105. The molecular weight excluding hydrogens is 328 g/mol. The van der Waals surface area contributed by atoms with E-state index in [-0.39, 0.29) is 17.5 Å². The number of hydrogen-bond donors (Lipinski definition) is 0. The molecule has 0 saturated carbocycles. The second-order valence-electron chi connectivity index (χ2n) is 6.21. The number of morpholine rings is 1. The molecule has 0 bridgehead atoms. The van der Waals surface area contributed by atoms with Gasteiger partial charge < -0.3 is 9.64 Å². The van der Waals surface area contributed by atoms with Crippen molar-refractivity contribution >= 4 is 22.2 Å². The van der Waals surface area contributed by atoms with Crippen molar-refractivity contribution in [3.05, 3.63) is 33.7 Å². The van der Waals surface area contributed by atoms with Crippen LogP contribution in [0.4, 0.5) is 0 Å². The van der Waals surface area contributed by atoms with Crippen molar-refractivity contribution in [3.63, 3.8) is 0 Å². The molecule has 0 aliphatic carbocycles. The van der Waals surface area contributed by atoms with Gasteiger partial charge in [0.2, 0.25) is 5.91 Å². The van der Waals surface area contributed by atoms with Crippen LogP contribution in [0, 0.1) is 0 Å². The molecule has 0 N–H and O–H groups in total. The SMILES string of the molecule is O=C([C@@H]1CCCN1Cc1cc(=O)n2ccsc2n1)N1CCOCC1. The third-order valence-electron chi connectivity index (χ3n) is 4.69. The Morgan fingerprint density at radius 2 is 2.17 bits per heavy atom. The first-order valence-corrected chi connectivity index (χ1v) is 9.17. The number of carbonyl (C=O) groups excluding carboxylic acids is 1. The van der Waals surface area contributed by atoms with Crippen LogP contribution in [0.15, 0.2) is 22.4 Å². The van der Waals surface area contributed by atoms with E-state index >= 15 is 0 Å². The molecule has 0 aromatic carbocycles. The lowest BCUT2D eigenvalue weighted by molar-refractivity contribution is -0.140. The van der Waals surface area contributed by atoms with Crippen molar-refractivity contribution in [1.29, 1.82) is 0 Å². The van der Waals surface area contributed by atoms with Crippen molar-refractivity contribution in [2.24, 2.45) is 0 Å². The molecule has 0 unspecified atom stereocenters. The monoisotopic (exact) mass is 348 g/mol. The van der Waals surface area contributed by atoms with Gasteiger partial charge in [-0.05, 0) is 19.4 Å². The highest BCUT2D eigenvalue weighted by Gasteiger charge is 2.34. The van der Waals surface area contributed by atoms with Gasteiger partial charge in [-0.2, -0.15) is 0 Å². The third kappa shape index (κ3) is 2.97. The van der Waals surface area contributed by atoms with Crippen LogP contribution in [0.1, 0.15) is 18.5 Å². The summed E-state index contributed by atoms with van der Waals surface area (Å²) in [7, 11) is 0. The number of aromatic nitrogens is 2. The molecule has 128 valence electrons. The fraction of sp³-hybridized carbons (Fsp3) is 0.562. The molecule has 2 aromatic rings. The number of likely N-dealkylation sites (tertiary alicyclic amines) is 1. The van der Waals surface area contributed by atoms with Crippen molar-refractivity contribution in [2.75, 3.05) is 32.8 Å². The predicted octanol–water partition coefficient (Wildman–Crippen LogP) is 0.579. The summed E-state index contributed by atoms with van der Waals surface area (Å²) < 4.78 is 6.88. The largest absolute Gasteiger partial charge is 0.378 e. The highest BCUT2D eigenvalue weighted by atomic mass is 32.1. The van der Waals surface area contributed by atoms with Gasteiger partial charge in [-0.25, -0.2) is 4.98 Å². The van der Waals surface area contributed by atoms with Gasteiger partial charge in [-0.3, -0.25) is 18.9 Å². The number of carbonyl (C=O) groups is 1. The Bertz CT molecular complexity index is 796. The average molecular weight is 348 g/mol. The molecule has 2 fully saturated rings. The van der Waals surface area contributed by atoms with E-state index in [0.717, 1.165) is 25.1 Å². The van der Waals surface area contributed by atoms with Gasteiger partial charge in [0.05, 0.1) is 24.9 Å². The molecule has 2 aliphatic heterocycles. The number of nitrogens with zero attached hydrogens (tertiary/aromatic N) is 4. The lowest BCUT2D eigenvalue weighted by Gasteiger charge is -2.32. The number of thiazole rings is 1. The van der Waals surface area contributed by atoms with Crippen LogP contribution in [0.25, 0.3) is 4.96 Å². The Morgan fingerprint density at radius 3 is 3.00 bits per heavy atom. The lowest BCUT2D eigenvalue weighted by Crippen LogP contribution is -2.49. The summed E-state index contributed by atoms with van der Waals surface area (Å²) in [5, 5.41) is 1.86. The zero-order chi connectivity index (χ0) is 16.5. The normalized spacial score (nSPS) is 22.3. The first-order chi connectivity index (χ1) is 11.7. The number of ether oxygens (including phenoxy) is 1. The molecule has 8 heteroatoms. The molecule has 4 rings (SSSR count). The van der Waals surface area contributed by atoms with Gasteiger partial charge in [0.1, 0.15) is 0 Å². The van der Waals surface area contributed by atoms with E-state index in [1.807, 2.05) is 10.3 Å². The second-order valence-corrected chi connectivity index (χ2v) is 7.08. The maximum Gasteiger partial charge on any atom is 0.258 e. The van der Waals surface area contributed by atoms with Crippen LogP contribution in [-0.2, 0) is 16.1 Å². The van der Waals surface area contributed by atoms with Gasteiger partial charge in [-0.1, -0.05) is 0 Å². The van der Waals surface area contributed by atoms with Crippen LogP contribution in [0.2, 0.25) is 0 Å². The van der Waals surface area contributed by atoms with Crippen molar-refractivity contribution < 1.29 is 9.53 Å². The third-order valence-corrected chi connectivity index (χ3v) is 5.45. The summed E-state index contributed by atoms with van der Waals surface area (Å²) in [5.74, 6) is 0.185. The molecular formula is C16H20N4O3S. The highest BCUT2D eigenvalue weighted by Crippen LogP contribution is 2.22. The summed E-state index contributed by atoms with van der Waals surface area (Å²) in [6.07, 6.45) is 3.61. The van der Waals surface area contributed by atoms with Gasteiger partial charge >= 0.3 is 0 Å². The van der Waals surface area contributed by atoms with Crippen LogP contribution < -0.4 is 5.56 Å². The fourth-order valence-electron chi connectivity index (χ4n) is 3.47. The number of fused-ring (bicyclic) bond motifs is 1. The van der Waals surface area contributed by atoms with E-state index in [9.17, 15) is 9.59 Å². The Labute approximate surface area is 143 Å². The van der Waals surface area contributed by atoms with Crippen LogP contribution in [0.3, 0.4) is 0 Å². The van der Waals surface area contributed by atoms with E-state index in [4.69, 9.17) is 4.74 Å². The van der Waals surface area contributed by atoms with Crippen molar-refractivity contribution in [3.8, 4) is 0 Å². The molecule has 4 heterocycles. The average Bonchev–Trinajstić information content (AvgIpc) is 3.24. The highest BCUT2D eigenvalue weighted by molar-refractivity contribution is 7.15. The molecule has 2 aromatic heterocycles. The van der Waals surface area contributed by atoms with E-state index < -0.39 is 0 Å². The topological polar surface area (TPSA) is 67.2 Å². The van der Waals surface area contributed by atoms with Crippen LogP contribution in [0.5, 0.6) is 0 Å². The number of rotatable bonds is 3. The van der Waals surface area contributed by atoms with E-state index in [1.54, 1.807) is 16.7 Å². The van der Waals surface area contributed by atoms with Gasteiger partial charge in [0, 0.05) is 37.3 Å². The smallest absolute Gasteiger partial charge is 0.258 e. The summed E-state index contributed by atoms with van der Waals surface area (Å²) in [4.78, 5) is 34.2. The standard InChI is InChI=1S/C16H20N4O3S/c21-14-10-12(17-16-20(14)6-9-24-16)11-19-3-1-2-13(19)15(22)18-4-7-23-8-5-18/h6,9-10,13H,1-5,7-8,11H2/t13-/m0/s1. The quantitative estimate of drug-likeness (QED) is 0.812. The Morgan fingerprint density at radius 1 is 1.33 bits per heavy atom. The number of amides is 1. The number of hydrogen-bond acceptors (Lipinski definition) is 6. The Kier molecular flexibility index (Phi) is 4.34. The summed E-state index contributed by atoms with van der Waals surface area (Å²) >= 11 is 1.45.